The predicted molar refractivity (Wildman–Crippen MR) is 71.8 cm³/mol. The lowest BCUT2D eigenvalue weighted by Gasteiger charge is -2.21. The summed E-state index contributed by atoms with van der Waals surface area (Å²) >= 11 is 0. The summed E-state index contributed by atoms with van der Waals surface area (Å²) in [6, 6.07) is 7.52. The van der Waals surface area contributed by atoms with Crippen molar-refractivity contribution in [1.29, 1.82) is 0 Å². The number of hydrogen-bond acceptors (Lipinski definition) is 1. The van der Waals surface area contributed by atoms with Crippen molar-refractivity contribution in [3.63, 3.8) is 0 Å². The van der Waals surface area contributed by atoms with Crippen LogP contribution in [0, 0.1) is 23.6 Å². The van der Waals surface area contributed by atoms with Crippen LogP contribution in [0.25, 0.3) is 0 Å². The summed E-state index contributed by atoms with van der Waals surface area (Å²) in [5.74, 6) is 2.36. The highest BCUT2D eigenvalue weighted by Gasteiger charge is 2.56. The molecular weight excluding hydrogens is 225 g/mol. The minimum absolute atomic E-state index is 0.0453. The summed E-state index contributed by atoms with van der Waals surface area (Å²) in [6.45, 7) is 3.15. The van der Waals surface area contributed by atoms with Gasteiger partial charge in [0.1, 0.15) is 5.82 Å². The first kappa shape index (κ1) is 12.2. The third-order valence-electron chi connectivity index (χ3n) is 4.71. The van der Waals surface area contributed by atoms with Crippen molar-refractivity contribution in [2.45, 2.75) is 38.6 Å². The van der Waals surface area contributed by atoms with Crippen molar-refractivity contribution in [1.82, 2.24) is 5.32 Å². The molecule has 0 spiro atoms. The lowest BCUT2D eigenvalue weighted by Crippen LogP contribution is -2.26. The van der Waals surface area contributed by atoms with E-state index >= 15 is 0 Å². The number of fused-ring (bicyclic) bond motifs is 1. The summed E-state index contributed by atoms with van der Waals surface area (Å²) in [5, 5.41) is 3.58. The molecule has 1 nitrogen and oxygen atoms in total. The molecule has 2 heteroatoms. The second-order valence-electron chi connectivity index (χ2n) is 5.79. The van der Waals surface area contributed by atoms with E-state index in [1.807, 2.05) is 12.1 Å². The number of nitrogens with one attached hydrogen (secondary N) is 1. The van der Waals surface area contributed by atoms with E-state index in [1.54, 1.807) is 12.1 Å². The molecule has 1 aromatic carbocycles. The summed E-state index contributed by atoms with van der Waals surface area (Å²) in [4.78, 5) is 0. The van der Waals surface area contributed by atoms with E-state index in [-0.39, 0.29) is 11.9 Å². The minimum Gasteiger partial charge on any atom is -0.310 e. The van der Waals surface area contributed by atoms with Crippen LogP contribution in [-0.4, -0.2) is 6.54 Å². The highest BCUT2D eigenvalue weighted by atomic mass is 19.1. The van der Waals surface area contributed by atoms with Crippen LogP contribution < -0.4 is 5.32 Å². The number of rotatable bonds is 5. The molecule has 98 valence electrons. The van der Waals surface area contributed by atoms with Crippen LogP contribution in [0.2, 0.25) is 0 Å². The third kappa shape index (κ3) is 2.07. The Morgan fingerprint density at radius 1 is 1.28 bits per heavy atom. The molecule has 0 saturated heterocycles. The standard InChI is InChI=1S/C16H22FN/c1-2-10-18-16(13-6-3-4-9-14(13)17)15-11-7-5-8-12(11)15/h3-4,6,9,11-12,15-16,18H,2,5,7-8,10H2,1H3. The largest absolute Gasteiger partial charge is 0.310 e. The average molecular weight is 247 g/mol. The zero-order valence-corrected chi connectivity index (χ0v) is 11.0. The fourth-order valence-electron chi connectivity index (χ4n) is 3.85. The second kappa shape index (κ2) is 5.00. The average Bonchev–Trinajstić information content (AvgIpc) is 2.85. The van der Waals surface area contributed by atoms with Crippen LogP contribution >= 0.6 is 0 Å². The molecule has 1 aromatic rings. The molecule has 1 N–H and O–H groups in total. The Hall–Kier alpha value is -0.890. The van der Waals surface area contributed by atoms with E-state index in [4.69, 9.17) is 0 Å². The summed E-state index contributed by atoms with van der Waals surface area (Å²) in [6.07, 6.45) is 5.19. The Balaban J connectivity index is 1.80. The fourth-order valence-corrected chi connectivity index (χ4v) is 3.85. The number of benzene rings is 1. The zero-order valence-electron chi connectivity index (χ0n) is 11.0. The highest BCUT2D eigenvalue weighted by molar-refractivity contribution is 5.25. The van der Waals surface area contributed by atoms with Crippen molar-refractivity contribution < 1.29 is 4.39 Å². The predicted octanol–water partition coefficient (Wildman–Crippen LogP) is 3.91. The van der Waals surface area contributed by atoms with Crippen LogP contribution in [0.1, 0.15) is 44.2 Å². The van der Waals surface area contributed by atoms with E-state index < -0.39 is 0 Å². The fraction of sp³-hybridized carbons (Fsp3) is 0.625. The van der Waals surface area contributed by atoms with Crippen LogP contribution in [0.3, 0.4) is 0 Å². The Labute approximate surface area is 109 Å². The van der Waals surface area contributed by atoms with Gasteiger partial charge in [-0.05, 0) is 49.6 Å². The van der Waals surface area contributed by atoms with Gasteiger partial charge in [0.25, 0.3) is 0 Å². The first-order valence-corrected chi connectivity index (χ1v) is 7.30. The van der Waals surface area contributed by atoms with E-state index in [2.05, 4.69) is 12.2 Å². The number of hydrogen-bond donors (Lipinski definition) is 1. The van der Waals surface area contributed by atoms with E-state index in [9.17, 15) is 4.39 Å². The Kier molecular flexibility index (Phi) is 3.38. The second-order valence-corrected chi connectivity index (χ2v) is 5.79. The van der Waals surface area contributed by atoms with Gasteiger partial charge in [0.05, 0.1) is 0 Å². The molecule has 2 aliphatic rings. The normalized spacial score (nSPS) is 31.1. The van der Waals surface area contributed by atoms with Crippen molar-refractivity contribution >= 4 is 0 Å². The third-order valence-corrected chi connectivity index (χ3v) is 4.71. The summed E-state index contributed by atoms with van der Waals surface area (Å²) in [5.41, 5.74) is 0.880. The first-order valence-electron chi connectivity index (χ1n) is 7.30. The minimum atomic E-state index is -0.0453. The van der Waals surface area contributed by atoms with E-state index in [0.717, 1.165) is 30.4 Å². The maximum atomic E-state index is 14.0. The molecule has 3 rings (SSSR count). The molecule has 0 radical (unpaired) electrons. The molecular formula is C16H22FN. The van der Waals surface area contributed by atoms with Crippen molar-refractivity contribution in [2.75, 3.05) is 6.54 Å². The lowest BCUT2D eigenvalue weighted by atomic mass is 9.96. The van der Waals surface area contributed by atoms with Gasteiger partial charge in [-0.15, -0.1) is 0 Å². The zero-order chi connectivity index (χ0) is 12.5. The molecule has 0 aliphatic heterocycles. The lowest BCUT2D eigenvalue weighted by molar-refractivity contribution is 0.404. The number of halogens is 1. The van der Waals surface area contributed by atoms with Crippen molar-refractivity contribution in [3.05, 3.63) is 35.6 Å². The van der Waals surface area contributed by atoms with Crippen LogP contribution in [0.4, 0.5) is 4.39 Å². The molecule has 18 heavy (non-hydrogen) atoms. The smallest absolute Gasteiger partial charge is 0.127 e. The Bertz CT molecular complexity index is 407. The molecule has 3 unspecified atom stereocenters. The van der Waals surface area contributed by atoms with Gasteiger partial charge in [-0.3, -0.25) is 0 Å². The Morgan fingerprint density at radius 3 is 2.67 bits per heavy atom. The van der Waals surface area contributed by atoms with Gasteiger partial charge in [-0.2, -0.15) is 0 Å². The molecule has 0 aromatic heterocycles. The van der Waals surface area contributed by atoms with Gasteiger partial charge >= 0.3 is 0 Å². The molecule has 0 heterocycles. The van der Waals surface area contributed by atoms with Gasteiger partial charge in [0.15, 0.2) is 0 Å². The van der Waals surface area contributed by atoms with Crippen LogP contribution in [0.15, 0.2) is 24.3 Å². The van der Waals surface area contributed by atoms with Crippen molar-refractivity contribution in [3.8, 4) is 0 Å². The monoisotopic (exact) mass is 247 g/mol. The van der Waals surface area contributed by atoms with Gasteiger partial charge in [-0.25, -0.2) is 4.39 Å². The molecule has 2 saturated carbocycles. The van der Waals surface area contributed by atoms with Crippen molar-refractivity contribution in [2.24, 2.45) is 17.8 Å². The highest BCUT2D eigenvalue weighted by Crippen LogP contribution is 2.62. The van der Waals surface area contributed by atoms with E-state index in [1.165, 1.54) is 19.3 Å². The van der Waals surface area contributed by atoms with Gasteiger partial charge in [0, 0.05) is 11.6 Å². The SMILES string of the molecule is CCCNC(c1ccccc1F)C1C2CCCC21. The quantitative estimate of drug-likeness (QED) is 0.831. The summed E-state index contributed by atoms with van der Waals surface area (Å²) in [7, 11) is 0. The Morgan fingerprint density at radius 2 is 2.00 bits per heavy atom. The first-order chi connectivity index (χ1) is 8.83. The van der Waals surface area contributed by atoms with Gasteiger partial charge in [-0.1, -0.05) is 31.5 Å². The molecule has 3 atom stereocenters. The van der Waals surface area contributed by atoms with Gasteiger partial charge < -0.3 is 5.32 Å². The molecule has 2 aliphatic carbocycles. The topological polar surface area (TPSA) is 12.0 Å². The maximum Gasteiger partial charge on any atom is 0.127 e. The molecule has 0 amide bonds. The van der Waals surface area contributed by atoms with E-state index in [0.29, 0.717) is 5.92 Å². The van der Waals surface area contributed by atoms with Crippen LogP contribution in [0.5, 0.6) is 0 Å². The summed E-state index contributed by atoms with van der Waals surface area (Å²) < 4.78 is 14.0. The maximum absolute atomic E-state index is 14.0. The molecule has 2 fully saturated rings. The van der Waals surface area contributed by atoms with Gasteiger partial charge in [0.2, 0.25) is 0 Å². The molecule has 0 bridgehead atoms. The van der Waals surface area contributed by atoms with Crippen LogP contribution in [-0.2, 0) is 0 Å².